The third kappa shape index (κ3) is 5.28. The van der Waals surface area contributed by atoms with Crippen molar-refractivity contribution in [2.45, 2.75) is 6.54 Å². The molecule has 0 bridgehead atoms. The van der Waals surface area contributed by atoms with Crippen LogP contribution in [0.2, 0.25) is 5.02 Å². The number of amides is 3. The predicted molar refractivity (Wildman–Crippen MR) is 132 cm³/mol. The maximum atomic E-state index is 12.9. The Hall–Kier alpha value is -4.30. The maximum Gasteiger partial charge on any atom is 0.348 e. The highest BCUT2D eigenvalue weighted by molar-refractivity contribution is 6.30. The molecule has 0 unspecified atom stereocenters. The zero-order valence-corrected chi connectivity index (χ0v) is 19.3. The number of hydrogen-bond donors (Lipinski definition) is 1. The molecule has 2 aliphatic rings. The van der Waals surface area contributed by atoms with E-state index in [1.54, 1.807) is 46.2 Å². The van der Waals surface area contributed by atoms with Crippen molar-refractivity contribution in [3.8, 4) is 11.5 Å². The van der Waals surface area contributed by atoms with E-state index in [-0.39, 0.29) is 17.6 Å². The molecule has 3 amide bonds. The number of hydrogen-bond acceptors (Lipinski definition) is 5. The van der Waals surface area contributed by atoms with E-state index in [4.69, 9.17) is 21.1 Å². The fourth-order valence-electron chi connectivity index (χ4n) is 3.72. The minimum Gasteiger partial charge on any atom is -0.457 e. The number of carbonyl (C=O) groups is 2. The molecule has 2 heterocycles. The van der Waals surface area contributed by atoms with Crippen LogP contribution in [0, 0.1) is 0 Å². The van der Waals surface area contributed by atoms with Gasteiger partial charge >= 0.3 is 12.1 Å². The monoisotopic (exact) mass is 488 g/mol. The fourth-order valence-corrected chi connectivity index (χ4v) is 3.93. The molecule has 3 aromatic carbocycles. The summed E-state index contributed by atoms with van der Waals surface area (Å²) in [7, 11) is 0. The zero-order chi connectivity index (χ0) is 24.2. The van der Waals surface area contributed by atoms with Gasteiger partial charge in [0, 0.05) is 30.3 Å². The average molecular weight is 489 g/mol. The van der Waals surface area contributed by atoms with E-state index in [0.29, 0.717) is 36.1 Å². The third-order valence-corrected chi connectivity index (χ3v) is 5.67. The molecular weight excluding hydrogens is 468 g/mol. The Kier molecular flexibility index (Phi) is 6.36. The van der Waals surface area contributed by atoms with Crippen LogP contribution in [-0.2, 0) is 16.1 Å². The van der Waals surface area contributed by atoms with Gasteiger partial charge in [0.25, 0.3) is 5.91 Å². The Labute approximate surface area is 207 Å². The number of carbonyl (C=O) groups excluding carboxylic acids is 2. The second-order valence-corrected chi connectivity index (χ2v) is 8.33. The van der Waals surface area contributed by atoms with Gasteiger partial charge < -0.3 is 19.7 Å². The first kappa shape index (κ1) is 22.5. The molecule has 176 valence electrons. The molecule has 0 aromatic heterocycles. The molecule has 0 aliphatic carbocycles. The SMILES string of the molecule is O=C(Nc1ccc(Oc2ccccc2)cc1)C1=COC2=NC(=O)N(Cc3cccc(Cl)c3)CCN12. The second kappa shape index (κ2) is 9.90. The number of rotatable bonds is 6. The van der Waals surface area contributed by atoms with Crippen LogP contribution in [0.3, 0.4) is 0 Å². The molecule has 5 rings (SSSR count). The van der Waals surface area contributed by atoms with Crippen LogP contribution in [-0.4, -0.2) is 40.8 Å². The maximum absolute atomic E-state index is 12.9. The van der Waals surface area contributed by atoms with Crippen LogP contribution in [0.4, 0.5) is 10.5 Å². The molecule has 0 saturated heterocycles. The van der Waals surface area contributed by atoms with Crippen LogP contribution < -0.4 is 10.1 Å². The zero-order valence-electron chi connectivity index (χ0n) is 18.6. The first-order chi connectivity index (χ1) is 17.0. The topological polar surface area (TPSA) is 83.5 Å². The van der Waals surface area contributed by atoms with Crippen molar-refractivity contribution < 1.29 is 19.1 Å². The number of ether oxygens (including phenoxy) is 2. The summed E-state index contributed by atoms with van der Waals surface area (Å²) in [4.78, 5) is 32.8. The molecular formula is C26H21ClN4O4. The number of nitrogens with one attached hydrogen (secondary N) is 1. The normalized spacial score (nSPS) is 14.9. The van der Waals surface area contributed by atoms with Crippen molar-refractivity contribution >= 4 is 35.2 Å². The number of fused-ring (bicyclic) bond motifs is 1. The van der Waals surface area contributed by atoms with E-state index < -0.39 is 6.03 Å². The Morgan fingerprint density at radius 1 is 1.00 bits per heavy atom. The summed E-state index contributed by atoms with van der Waals surface area (Å²) in [5.41, 5.74) is 1.75. The lowest BCUT2D eigenvalue weighted by Crippen LogP contribution is -2.36. The molecule has 0 atom stereocenters. The lowest BCUT2D eigenvalue weighted by atomic mass is 10.2. The smallest absolute Gasteiger partial charge is 0.348 e. The number of amidine groups is 1. The summed E-state index contributed by atoms with van der Waals surface area (Å²) in [5.74, 6) is 1.00. The number of aliphatic imine (C=N–C) groups is 1. The van der Waals surface area contributed by atoms with Gasteiger partial charge in [-0.1, -0.05) is 41.9 Å². The highest BCUT2D eigenvalue weighted by Gasteiger charge is 2.33. The highest BCUT2D eigenvalue weighted by Crippen LogP contribution is 2.25. The largest absolute Gasteiger partial charge is 0.457 e. The van der Waals surface area contributed by atoms with Gasteiger partial charge in [0.2, 0.25) is 0 Å². The van der Waals surface area contributed by atoms with Crippen LogP contribution in [0.1, 0.15) is 5.56 Å². The second-order valence-electron chi connectivity index (χ2n) is 7.89. The Balaban J connectivity index is 1.21. The van der Waals surface area contributed by atoms with Gasteiger partial charge in [-0.2, -0.15) is 0 Å². The van der Waals surface area contributed by atoms with E-state index in [1.807, 2.05) is 42.5 Å². The van der Waals surface area contributed by atoms with Crippen molar-refractivity contribution in [1.29, 1.82) is 0 Å². The summed E-state index contributed by atoms with van der Waals surface area (Å²) in [5, 5.41) is 3.44. The quantitative estimate of drug-likeness (QED) is 0.513. The molecule has 1 N–H and O–H groups in total. The molecule has 0 saturated carbocycles. The van der Waals surface area contributed by atoms with E-state index in [2.05, 4.69) is 10.3 Å². The minimum atomic E-state index is -0.438. The van der Waals surface area contributed by atoms with Crippen LogP contribution >= 0.6 is 11.6 Å². The number of nitrogens with zero attached hydrogens (tertiary/aromatic N) is 3. The van der Waals surface area contributed by atoms with Gasteiger partial charge in [0.1, 0.15) is 23.5 Å². The predicted octanol–water partition coefficient (Wildman–Crippen LogP) is 5.24. The molecule has 0 radical (unpaired) electrons. The molecule has 8 nitrogen and oxygen atoms in total. The van der Waals surface area contributed by atoms with Crippen molar-refractivity contribution in [3.05, 3.63) is 101 Å². The summed E-state index contributed by atoms with van der Waals surface area (Å²) in [6, 6.07) is 23.4. The summed E-state index contributed by atoms with van der Waals surface area (Å²) >= 11 is 6.06. The number of halogens is 1. The Morgan fingerprint density at radius 2 is 1.77 bits per heavy atom. The number of urea groups is 1. The molecule has 0 fully saturated rings. The lowest BCUT2D eigenvalue weighted by Gasteiger charge is -2.21. The van der Waals surface area contributed by atoms with Gasteiger partial charge in [0.15, 0.2) is 0 Å². The van der Waals surface area contributed by atoms with E-state index in [0.717, 1.165) is 11.3 Å². The van der Waals surface area contributed by atoms with Gasteiger partial charge in [-0.05, 0) is 54.1 Å². The Bertz CT molecular complexity index is 1310. The highest BCUT2D eigenvalue weighted by atomic mass is 35.5. The van der Waals surface area contributed by atoms with Crippen molar-refractivity contribution in [3.63, 3.8) is 0 Å². The van der Waals surface area contributed by atoms with Crippen molar-refractivity contribution in [2.75, 3.05) is 18.4 Å². The molecule has 2 aliphatic heterocycles. The lowest BCUT2D eigenvalue weighted by molar-refractivity contribution is -0.113. The van der Waals surface area contributed by atoms with Crippen LogP contribution in [0.5, 0.6) is 11.5 Å². The fraction of sp³-hybridized carbons (Fsp3) is 0.115. The third-order valence-electron chi connectivity index (χ3n) is 5.44. The van der Waals surface area contributed by atoms with Gasteiger partial charge in [-0.25, -0.2) is 4.79 Å². The average Bonchev–Trinajstić information content (AvgIpc) is 3.19. The first-order valence-corrected chi connectivity index (χ1v) is 11.3. The Morgan fingerprint density at radius 3 is 2.54 bits per heavy atom. The summed E-state index contributed by atoms with van der Waals surface area (Å²) in [6.45, 7) is 1.07. The number of anilines is 1. The van der Waals surface area contributed by atoms with Crippen LogP contribution in [0.25, 0.3) is 0 Å². The number of benzene rings is 3. The molecule has 3 aromatic rings. The van der Waals surface area contributed by atoms with E-state index in [9.17, 15) is 9.59 Å². The molecule has 9 heteroatoms. The van der Waals surface area contributed by atoms with Gasteiger partial charge in [0.05, 0.1) is 0 Å². The molecule has 0 spiro atoms. The standard InChI is InChI=1S/C26H21ClN4O4/c27-19-6-4-5-18(15-19)16-30-13-14-31-23(17-34-26(31)29-25(30)33)24(32)28-20-9-11-22(12-10-20)35-21-7-2-1-3-8-21/h1-12,15,17H,13-14,16H2,(H,28,32). The van der Waals surface area contributed by atoms with E-state index >= 15 is 0 Å². The summed E-state index contributed by atoms with van der Waals surface area (Å²) in [6.07, 6.45) is 1.31. The van der Waals surface area contributed by atoms with Crippen molar-refractivity contribution in [2.24, 2.45) is 4.99 Å². The van der Waals surface area contributed by atoms with Gasteiger partial charge in [-0.15, -0.1) is 4.99 Å². The number of para-hydroxylation sites is 1. The van der Waals surface area contributed by atoms with Crippen molar-refractivity contribution in [1.82, 2.24) is 9.80 Å². The molecule has 35 heavy (non-hydrogen) atoms. The first-order valence-electron chi connectivity index (χ1n) is 11.0. The minimum absolute atomic E-state index is 0.0837. The summed E-state index contributed by atoms with van der Waals surface area (Å²) < 4.78 is 11.2. The van der Waals surface area contributed by atoms with Gasteiger partial charge in [-0.3, -0.25) is 9.69 Å². The van der Waals surface area contributed by atoms with E-state index in [1.165, 1.54) is 6.26 Å². The van der Waals surface area contributed by atoms with Crippen LogP contribution in [0.15, 0.2) is 95.8 Å².